The summed E-state index contributed by atoms with van der Waals surface area (Å²) in [6, 6.07) is 11.2. The second-order valence-electron chi connectivity index (χ2n) is 9.69. The molecule has 1 aromatic heterocycles. The summed E-state index contributed by atoms with van der Waals surface area (Å²) in [5, 5.41) is 14.1. The van der Waals surface area contributed by atoms with Gasteiger partial charge in [-0.1, -0.05) is 30.3 Å². The fourth-order valence-corrected chi connectivity index (χ4v) is 6.68. The second kappa shape index (κ2) is 7.09. The quantitative estimate of drug-likeness (QED) is 0.744. The maximum atomic E-state index is 13.4. The first-order valence-electron chi connectivity index (χ1n) is 11.2. The number of aromatic nitrogens is 1. The number of aryl methyl sites for hydroxylation is 1. The maximum absolute atomic E-state index is 13.4. The van der Waals surface area contributed by atoms with Gasteiger partial charge in [-0.2, -0.15) is 0 Å². The Balaban J connectivity index is 1.41. The van der Waals surface area contributed by atoms with E-state index in [0.29, 0.717) is 41.2 Å². The monoisotopic (exact) mass is 406 g/mol. The molecular formula is C25H30N2O3. The number of ketones is 1. The molecule has 30 heavy (non-hydrogen) atoms. The number of carbonyl (C=O) groups is 2. The smallest absolute Gasteiger partial charge is 0.268 e. The van der Waals surface area contributed by atoms with Crippen LogP contribution < -0.4 is 5.32 Å². The summed E-state index contributed by atoms with van der Waals surface area (Å²) in [4.78, 5) is 26.4. The van der Waals surface area contributed by atoms with Crippen molar-refractivity contribution in [2.45, 2.75) is 64.1 Å². The largest absolute Gasteiger partial charge is 0.390 e. The molecule has 0 spiro atoms. The van der Waals surface area contributed by atoms with Crippen LogP contribution in [-0.4, -0.2) is 33.0 Å². The molecule has 1 amide bonds. The standard InChI is InChI=1S/C25H30N2O3/c1-3-27-20(23(28)17-7-5-4-6-8-17)9-15(2)22(27)24(29)26-21-18-10-16-11-19(21)14-25(30,12-16)13-18/h4-9,16,18-19,21,30H,3,10-14H2,1-2H3,(H,26,29). The molecule has 2 N–H and O–H groups in total. The minimum absolute atomic E-state index is 0.0588. The molecule has 0 aliphatic heterocycles. The number of hydrogen-bond donors (Lipinski definition) is 2. The van der Waals surface area contributed by atoms with Crippen LogP contribution in [0, 0.1) is 24.7 Å². The van der Waals surface area contributed by atoms with Gasteiger partial charge in [0.1, 0.15) is 5.69 Å². The maximum Gasteiger partial charge on any atom is 0.268 e. The fraction of sp³-hybridized carbons (Fsp3) is 0.520. The Morgan fingerprint density at radius 2 is 1.80 bits per heavy atom. The van der Waals surface area contributed by atoms with Crippen molar-refractivity contribution in [1.82, 2.24) is 9.88 Å². The first-order valence-corrected chi connectivity index (χ1v) is 11.2. The van der Waals surface area contributed by atoms with Gasteiger partial charge < -0.3 is 15.0 Å². The van der Waals surface area contributed by atoms with E-state index in [1.807, 2.05) is 54.8 Å². The highest BCUT2D eigenvalue weighted by Gasteiger charge is 2.55. The Kier molecular flexibility index (Phi) is 4.62. The Morgan fingerprint density at radius 1 is 1.13 bits per heavy atom. The van der Waals surface area contributed by atoms with Crippen molar-refractivity contribution < 1.29 is 14.7 Å². The Morgan fingerprint density at radius 3 is 2.40 bits per heavy atom. The van der Waals surface area contributed by atoms with E-state index in [0.717, 1.165) is 37.7 Å². The van der Waals surface area contributed by atoms with Crippen LogP contribution in [0.5, 0.6) is 0 Å². The zero-order valence-electron chi connectivity index (χ0n) is 17.7. The lowest BCUT2D eigenvalue weighted by Crippen LogP contribution is -2.61. The van der Waals surface area contributed by atoms with Gasteiger partial charge >= 0.3 is 0 Å². The van der Waals surface area contributed by atoms with Crippen LogP contribution in [0.2, 0.25) is 0 Å². The van der Waals surface area contributed by atoms with Crippen molar-refractivity contribution in [2.75, 3.05) is 0 Å². The van der Waals surface area contributed by atoms with Crippen LogP contribution in [0.15, 0.2) is 36.4 Å². The van der Waals surface area contributed by atoms with Gasteiger partial charge in [0.25, 0.3) is 5.91 Å². The van der Waals surface area contributed by atoms with Gasteiger partial charge in [0.05, 0.1) is 11.3 Å². The SMILES string of the molecule is CCn1c(C(=O)c2ccccc2)cc(C)c1C(=O)NC1C2CC3CC1CC(O)(C3)C2. The lowest BCUT2D eigenvalue weighted by atomic mass is 9.52. The lowest BCUT2D eigenvalue weighted by molar-refractivity contribution is -0.137. The summed E-state index contributed by atoms with van der Waals surface area (Å²) in [7, 11) is 0. The van der Waals surface area contributed by atoms with E-state index in [1.54, 1.807) is 0 Å². The van der Waals surface area contributed by atoms with Gasteiger partial charge in [0.2, 0.25) is 5.78 Å². The van der Waals surface area contributed by atoms with E-state index in [-0.39, 0.29) is 17.7 Å². The van der Waals surface area contributed by atoms with Gasteiger partial charge in [0.15, 0.2) is 0 Å². The molecule has 0 radical (unpaired) electrons. The highest BCUT2D eigenvalue weighted by atomic mass is 16.3. The van der Waals surface area contributed by atoms with E-state index >= 15 is 0 Å². The minimum Gasteiger partial charge on any atom is -0.390 e. The van der Waals surface area contributed by atoms with Crippen molar-refractivity contribution in [3.63, 3.8) is 0 Å². The summed E-state index contributed by atoms with van der Waals surface area (Å²) in [6.45, 7) is 4.43. The molecule has 4 aliphatic carbocycles. The number of carbonyl (C=O) groups excluding carboxylic acids is 2. The van der Waals surface area contributed by atoms with Crippen LogP contribution in [-0.2, 0) is 6.54 Å². The molecule has 2 unspecified atom stereocenters. The van der Waals surface area contributed by atoms with Gasteiger partial charge in [-0.05, 0) is 75.3 Å². The number of benzene rings is 1. The number of hydrogen-bond acceptors (Lipinski definition) is 3. The van der Waals surface area contributed by atoms with Gasteiger partial charge in [-0.25, -0.2) is 0 Å². The molecule has 0 saturated heterocycles. The molecule has 2 atom stereocenters. The molecule has 4 saturated carbocycles. The molecule has 1 heterocycles. The third-order valence-electron chi connectivity index (χ3n) is 7.63. The van der Waals surface area contributed by atoms with Crippen molar-refractivity contribution in [2.24, 2.45) is 17.8 Å². The third kappa shape index (κ3) is 3.11. The highest BCUT2D eigenvalue weighted by Crippen LogP contribution is 2.55. The zero-order valence-corrected chi connectivity index (χ0v) is 17.7. The van der Waals surface area contributed by atoms with Crippen molar-refractivity contribution in [1.29, 1.82) is 0 Å². The molecule has 158 valence electrons. The molecule has 6 rings (SSSR count). The van der Waals surface area contributed by atoms with Gasteiger partial charge in [-0.15, -0.1) is 0 Å². The van der Waals surface area contributed by atoms with Crippen molar-refractivity contribution in [3.05, 3.63) is 58.9 Å². The molecule has 2 aromatic rings. The van der Waals surface area contributed by atoms with Crippen molar-refractivity contribution >= 4 is 11.7 Å². The lowest BCUT2D eigenvalue weighted by Gasteiger charge is -2.58. The van der Waals surface area contributed by atoms with Crippen LogP contribution in [0.25, 0.3) is 0 Å². The predicted molar refractivity (Wildman–Crippen MR) is 114 cm³/mol. The van der Waals surface area contributed by atoms with Crippen LogP contribution in [0.3, 0.4) is 0 Å². The van der Waals surface area contributed by atoms with Crippen LogP contribution >= 0.6 is 0 Å². The van der Waals surface area contributed by atoms with Crippen LogP contribution in [0.1, 0.15) is 71.1 Å². The Bertz CT molecular complexity index is 977. The first-order chi connectivity index (χ1) is 14.4. The zero-order chi connectivity index (χ0) is 21.0. The van der Waals surface area contributed by atoms with Crippen LogP contribution in [0.4, 0.5) is 0 Å². The number of nitrogens with one attached hydrogen (secondary N) is 1. The van der Waals surface area contributed by atoms with E-state index in [9.17, 15) is 14.7 Å². The molecule has 5 heteroatoms. The minimum atomic E-state index is -0.507. The summed E-state index contributed by atoms with van der Waals surface area (Å²) in [5.74, 6) is 1.18. The second-order valence-corrected chi connectivity index (χ2v) is 9.69. The van der Waals surface area contributed by atoms with E-state index < -0.39 is 5.60 Å². The van der Waals surface area contributed by atoms with Crippen molar-refractivity contribution in [3.8, 4) is 0 Å². The fourth-order valence-electron chi connectivity index (χ4n) is 6.68. The predicted octanol–water partition coefficient (Wildman–Crippen LogP) is 3.72. The Labute approximate surface area is 177 Å². The first kappa shape index (κ1) is 19.6. The Hall–Kier alpha value is -2.40. The third-order valence-corrected chi connectivity index (χ3v) is 7.63. The topological polar surface area (TPSA) is 71.3 Å². The summed E-state index contributed by atoms with van der Waals surface area (Å²) < 4.78 is 1.85. The van der Waals surface area contributed by atoms with E-state index in [1.165, 1.54) is 0 Å². The summed E-state index contributed by atoms with van der Waals surface area (Å²) in [5.41, 5.74) is 2.10. The highest BCUT2D eigenvalue weighted by molar-refractivity contribution is 6.09. The number of amides is 1. The summed E-state index contributed by atoms with van der Waals surface area (Å²) >= 11 is 0. The van der Waals surface area contributed by atoms with E-state index in [2.05, 4.69) is 5.32 Å². The average Bonchev–Trinajstić information content (AvgIpc) is 3.05. The normalized spacial score (nSPS) is 31.7. The average molecular weight is 407 g/mol. The van der Waals surface area contributed by atoms with Gasteiger partial charge in [0, 0.05) is 18.2 Å². The van der Waals surface area contributed by atoms with Gasteiger partial charge in [-0.3, -0.25) is 9.59 Å². The number of nitrogens with zero attached hydrogens (tertiary/aromatic N) is 1. The molecule has 4 fully saturated rings. The van der Waals surface area contributed by atoms with E-state index in [4.69, 9.17) is 0 Å². The molecule has 5 nitrogen and oxygen atoms in total. The summed E-state index contributed by atoms with van der Waals surface area (Å²) in [6.07, 6.45) is 4.75. The number of aliphatic hydroxyl groups is 1. The molecule has 4 bridgehead atoms. The molecular weight excluding hydrogens is 376 g/mol. The number of rotatable bonds is 5. The molecule has 4 aliphatic rings. The molecule has 1 aromatic carbocycles.